The molecule has 15 heavy (non-hydrogen) atoms. The minimum absolute atomic E-state index is 0.260. The Morgan fingerprint density at radius 1 is 1.33 bits per heavy atom. The fraction of sp³-hybridized carbons (Fsp3) is 0.333. The summed E-state index contributed by atoms with van der Waals surface area (Å²) < 4.78 is 26.0. The summed E-state index contributed by atoms with van der Waals surface area (Å²) in [6.45, 7) is 1.21. The molecule has 0 radical (unpaired) electrons. The highest BCUT2D eigenvalue weighted by molar-refractivity contribution is 9.10. The van der Waals surface area contributed by atoms with Crippen molar-refractivity contribution in [3.05, 3.63) is 27.7 Å². The molecule has 1 heterocycles. The van der Waals surface area contributed by atoms with Crippen LogP contribution in [0.5, 0.6) is 0 Å². The maximum Gasteiger partial charge on any atom is 0.243 e. The Kier molecular flexibility index (Phi) is 3.07. The Morgan fingerprint density at radius 3 is 2.47 bits per heavy atom. The summed E-state index contributed by atoms with van der Waals surface area (Å²) in [4.78, 5) is 0.260. The number of benzene rings is 1. The highest BCUT2D eigenvalue weighted by Crippen LogP contribution is 2.28. The van der Waals surface area contributed by atoms with Crippen molar-refractivity contribution >= 4 is 37.6 Å². The SMILES string of the molecule is O=S(=O)(c1ccc(Br)c(Cl)c1)N1CCC1. The van der Waals surface area contributed by atoms with Gasteiger partial charge in [-0.15, -0.1) is 0 Å². The van der Waals surface area contributed by atoms with Gasteiger partial charge < -0.3 is 0 Å². The smallest absolute Gasteiger partial charge is 0.207 e. The van der Waals surface area contributed by atoms with Crippen LogP contribution in [0, 0.1) is 0 Å². The fourth-order valence-corrected chi connectivity index (χ4v) is 3.35. The molecule has 0 amide bonds. The second-order valence-corrected chi connectivity index (χ2v) is 6.53. The third-order valence-corrected chi connectivity index (χ3v) is 5.47. The summed E-state index contributed by atoms with van der Waals surface area (Å²) >= 11 is 9.08. The van der Waals surface area contributed by atoms with Gasteiger partial charge >= 0.3 is 0 Å². The second kappa shape index (κ2) is 4.05. The number of halogens is 2. The van der Waals surface area contributed by atoms with Gasteiger partial charge in [0.05, 0.1) is 9.92 Å². The van der Waals surface area contributed by atoms with Crippen molar-refractivity contribution in [1.29, 1.82) is 0 Å². The first-order valence-electron chi connectivity index (χ1n) is 4.47. The van der Waals surface area contributed by atoms with Gasteiger partial charge in [-0.2, -0.15) is 4.31 Å². The lowest BCUT2D eigenvalue weighted by Crippen LogP contribution is -2.41. The largest absolute Gasteiger partial charge is 0.243 e. The predicted molar refractivity (Wildman–Crippen MR) is 62.5 cm³/mol. The van der Waals surface area contributed by atoms with E-state index in [1.165, 1.54) is 10.4 Å². The normalized spacial score (nSPS) is 17.5. The third-order valence-electron chi connectivity index (χ3n) is 2.34. The summed E-state index contributed by atoms with van der Waals surface area (Å²) in [5.74, 6) is 0. The lowest BCUT2D eigenvalue weighted by atomic mass is 10.3. The van der Waals surface area contributed by atoms with Gasteiger partial charge in [-0.25, -0.2) is 8.42 Å². The van der Waals surface area contributed by atoms with Gasteiger partial charge in [0, 0.05) is 17.6 Å². The predicted octanol–water partition coefficient (Wildman–Crippen LogP) is 2.50. The zero-order valence-electron chi connectivity index (χ0n) is 7.78. The van der Waals surface area contributed by atoms with E-state index in [0.717, 1.165) is 6.42 Å². The van der Waals surface area contributed by atoms with E-state index in [0.29, 0.717) is 22.6 Å². The average molecular weight is 311 g/mol. The molecule has 0 saturated carbocycles. The van der Waals surface area contributed by atoms with Crippen molar-refractivity contribution in [1.82, 2.24) is 4.31 Å². The van der Waals surface area contributed by atoms with Crippen LogP contribution in [0.1, 0.15) is 6.42 Å². The van der Waals surface area contributed by atoms with Crippen molar-refractivity contribution in [3.63, 3.8) is 0 Å². The molecular weight excluding hydrogens is 302 g/mol. The molecule has 0 spiro atoms. The summed E-state index contributed by atoms with van der Waals surface area (Å²) in [5, 5.41) is 0.414. The average Bonchev–Trinajstić information content (AvgIpc) is 2.05. The molecule has 3 nitrogen and oxygen atoms in total. The first-order chi connectivity index (χ1) is 7.01. The zero-order valence-corrected chi connectivity index (χ0v) is 10.9. The molecule has 2 rings (SSSR count). The van der Waals surface area contributed by atoms with Gasteiger partial charge in [-0.3, -0.25) is 0 Å². The van der Waals surface area contributed by atoms with Crippen LogP contribution in [-0.4, -0.2) is 25.8 Å². The summed E-state index contributed by atoms with van der Waals surface area (Å²) in [7, 11) is -3.31. The fourth-order valence-electron chi connectivity index (χ4n) is 1.31. The van der Waals surface area contributed by atoms with Crippen molar-refractivity contribution in [2.45, 2.75) is 11.3 Å². The Hall–Kier alpha value is -0.100. The van der Waals surface area contributed by atoms with Gasteiger partial charge in [0.25, 0.3) is 0 Å². The van der Waals surface area contributed by atoms with Crippen LogP contribution in [0.3, 0.4) is 0 Å². The first kappa shape index (κ1) is 11.4. The van der Waals surface area contributed by atoms with Crippen LogP contribution in [0.15, 0.2) is 27.6 Å². The van der Waals surface area contributed by atoms with E-state index >= 15 is 0 Å². The molecule has 0 aliphatic carbocycles. The maximum absolute atomic E-state index is 11.9. The monoisotopic (exact) mass is 309 g/mol. The topological polar surface area (TPSA) is 37.4 Å². The maximum atomic E-state index is 11.9. The molecule has 1 aliphatic rings. The van der Waals surface area contributed by atoms with E-state index in [4.69, 9.17) is 11.6 Å². The molecule has 0 N–H and O–H groups in total. The minimum Gasteiger partial charge on any atom is -0.207 e. The molecule has 6 heteroatoms. The molecule has 1 saturated heterocycles. The van der Waals surface area contributed by atoms with Gasteiger partial charge in [0.15, 0.2) is 0 Å². The van der Waals surface area contributed by atoms with Crippen molar-refractivity contribution < 1.29 is 8.42 Å². The van der Waals surface area contributed by atoms with Crippen molar-refractivity contribution in [2.75, 3.05) is 13.1 Å². The lowest BCUT2D eigenvalue weighted by Gasteiger charge is -2.29. The Balaban J connectivity index is 2.40. The van der Waals surface area contributed by atoms with Gasteiger partial charge in [-0.1, -0.05) is 11.6 Å². The Bertz CT molecular complexity index is 485. The highest BCUT2D eigenvalue weighted by Gasteiger charge is 2.29. The van der Waals surface area contributed by atoms with Gasteiger partial charge in [-0.05, 0) is 40.5 Å². The quantitative estimate of drug-likeness (QED) is 0.841. The molecule has 1 fully saturated rings. The molecule has 0 aromatic heterocycles. The number of hydrogen-bond donors (Lipinski definition) is 0. The molecule has 82 valence electrons. The summed E-state index contributed by atoms with van der Waals surface area (Å²) in [5.41, 5.74) is 0. The number of sulfonamides is 1. The van der Waals surface area contributed by atoms with Gasteiger partial charge in [0.2, 0.25) is 10.0 Å². The molecule has 0 atom stereocenters. The summed E-state index contributed by atoms with van der Waals surface area (Å²) in [6, 6.07) is 4.68. The minimum atomic E-state index is -3.31. The van der Waals surface area contributed by atoms with E-state index in [1.807, 2.05) is 0 Å². The number of hydrogen-bond acceptors (Lipinski definition) is 2. The second-order valence-electron chi connectivity index (χ2n) is 3.33. The summed E-state index contributed by atoms with van der Waals surface area (Å²) in [6.07, 6.45) is 0.934. The van der Waals surface area contributed by atoms with Crippen LogP contribution < -0.4 is 0 Å². The van der Waals surface area contributed by atoms with Crippen LogP contribution in [-0.2, 0) is 10.0 Å². The third kappa shape index (κ3) is 2.06. The Morgan fingerprint density at radius 2 is 2.00 bits per heavy atom. The molecule has 1 aromatic rings. The van der Waals surface area contributed by atoms with E-state index < -0.39 is 10.0 Å². The number of rotatable bonds is 2. The van der Waals surface area contributed by atoms with E-state index in [9.17, 15) is 8.42 Å². The van der Waals surface area contributed by atoms with E-state index in [1.54, 1.807) is 12.1 Å². The number of nitrogens with zero attached hydrogens (tertiary/aromatic N) is 1. The highest BCUT2D eigenvalue weighted by atomic mass is 79.9. The molecule has 1 aliphatic heterocycles. The van der Waals surface area contributed by atoms with Crippen molar-refractivity contribution in [3.8, 4) is 0 Å². The molecule has 0 unspecified atom stereocenters. The van der Waals surface area contributed by atoms with Crippen LogP contribution in [0.25, 0.3) is 0 Å². The van der Waals surface area contributed by atoms with E-state index in [-0.39, 0.29) is 4.90 Å². The zero-order chi connectivity index (χ0) is 11.1. The van der Waals surface area contributed by atoms with Crippen LogP contribution in [0.2, 0.25) is 5.02 Å². The first-order valence-corrected chi connectivity index (χ1v) is 7.08. The van der Waals surface area contributed by atoms with Crippen LogP contribution >= 0.6 is 27.5 Å². The van der Waals surface area contributed by atoms with E-state index in [2.05, 4.69) is 15.9 Å². The standard InChI is InChI=1S/C9H9BrClNO2S/c10-8-3-2-7(6-9(8)11)15(13,14)12-4-1-5-12/h2-3,6H,1,4-5H2. The Labute approximate surface area is 102 Å². The molecule has 0 bridgehead atoms. The lowest BCUT2D eigenvalue weighted by molar-refractivity contribution is 0.309. The van der Waals surface area contributed by atoms with Gasteiger partial charge in [0.1, 0.15) is 0 Å². The van der Waals surface area contributed by atoms with Crippen molar-refractivity contribution in [2.24, 2.45) is 0 Å². The molecular formula is C9H9BrClNO2S. The molecule has 1 aromatic carbocycles. The van der Waals surface area contributed by atoms with Crippen LogP contribution in [0.4, 0.5) is 0 Å².